The van der Waals surface area contributed by atoms with Crippen LogP contribution < -0.4 is 21.7 Å². The molecule has 0 spiro atoms. The molecule has 0 unspecified atom stereocenters. The summed E-state index contributed by atoms with van der Waals surface area (Å²) >= 11 is 0. The van der Waals surface area contributed by atoms with Crippen LogP contribution in [-0.2, 0) is 0 Å². The Hall–Kier alpha value is -1.51. The van der Waals surface area contributed by atoms with Crippen LogP contribution in [0, 0.1) is 0 Å². The third-order valence-corrected chi connectivity index (χ3v) is 1.26. The van der Waals surface area contributed by atoms with E-state index >= 15 is 0 Å². The number of hydrogen-bond acceptors (Lipinski definition) is 2. The van der Waals surface area contributed by atoms with E-state index in [1.54, 1.807) is 6.07 Å². The first-order valence-corrected chi connectivity index (χ1v) is 2.84. The van der Waals surface area contributed by atoms with Gasteiger partial charge in [-0.3, -0.25) is 4.79 Å². The lowest BCUT2D eigenvalue weighted by Crippen LogP contribution is -2.40. The minimum Gasteiger partial charge on any atom is -0.404 e. The van der Waals surface area contributed by atoms with Crippen molar-refractivity contribution >= 4 is 12.8 Å². The van der Waals surface area contributed by atoms with Crippen LogP contribution in [0.2, 0.25) is 0 Å². The van der Waals surface area contributed by atoms with Crippen molar-refractivity contribution in [3.8, 4) is 0 Å². The molecule has 0 saturated heterocycles. The molecule has 1 aromatic rings. The highest BCUT2D eigenvalue weighted by Crippen LogP contribution is 1.52. The average molecular weight is 136 g/mol. The summed E-state index contributed by atoms with van der Waals surface area (Å²) in [6.07, 6.45) is 2.79. The Morgan fingerprint density at radius 1 is 1.70 bits per heavy atom. The lowest BCUT2D eigenvalue weighted by molar-refractivity contribution is 1.18. The second kappa shape index (κ2) is 2.39. The Morgan fingerprint density at radius 3 is 2.80 bits per heavy atom. The van der Waals surface area contributed by atoms with Crippen LogP contribution in [0.3, 0.4) is 0 Å². The summed E-state index contributed by atoms with van der Waals surface area (Å²) in [4.78, 5) is 13.3. The Labute approximate surface area is 57.5 Å². The molecule has 0 aromatic carbocycles. The number of rotatable bonds is 0. The number of nitrogens with two attached hydrogens (primary N) is 1. The molecule has 10 heavy (non-hydrogen) atoms. The highest BCUT2D eigenvalue weighted by atomic mass is 16.1. The van der Waals surface area contributed by atoms with Gasteiger partial charge in [-0.05, 0) is 11.3 Å². The summed E-state index contributed by atoms with van der Waals surface area (Å²) in [6.45, 7) is 3.62. The van der Waals surface area contributed by atoms with E-state index in [1.807, 2.05) is 0 Å². The van der Waals surface area contributed by atoms with Gasteiger partial charge in [-0.1, -0.05) is 6.58 Å². The average Bonchev–Trinajstić information content (AvgIpc) is 1.88. The fourth-order valence-corrected chi connectivity index (χ4v) is 0.714. The lowest BCUT2D eigenvalue weighted by atomic mass is 10.3. The quantitative estimate of drug-likeness (QED) is 0.455. The summed E-state index contributed by atoms with van der Waals surface area (Å²) in [6, 6.07) is 1.69. The van der Waals surface area contributed by atoms with Gasteiger partial charge in [0.25, 0.3) is 5.56 Å². The van der Waals surface area contributed by atoms with Gasteiger partial charge < -0.3 is 10.7 Å². The molecule has 0 radical (unpaired) electrons. The predicted molar refractivity (Wildman–Crippen MR) is 40.5 cm³/mol. The third-order valence-electron chi connectivity index (χ3n) is 1.26. The predicted octanol–water partition coefficient (Wildman–Crippen LogP) is -1.52. The highest BCUT2D eigenvalue weighted by Gasteiger charge is 1.84. The van der Waals surface area contributed by atoms with E-state index in [1.165, 1.54) is 12.4 Å². The molecule has 52 valence electrons. The molecule has 0 aliphatic rings. The van der Waals surface area contributed by atoms with Gasteiger partial charge in [-0.2, -0.15) is 0 Å². The summed E-state index contributed by atoms with van der Waals surface area (Å²) in [7, 11) is 0. The molecule has 3 heteroatoms. The molecule has 0 aliphatic carbocycles. The van der Waals surface area contributed by atoms with Crippen LogP contribution >= 0.6 is 0 Å². The van der Waals surface area contributed by atoms with Crippen LogP contribution in [0.1, 0.15) is 0 Å². The molecule has 0 aliphatic heterocycles. The summed E-state index contributed by atoms with van der Waals surface area (Å²) < 4.78 is 0. The molecule has 3 N–H and O–H groups in total. The molecule has 0 amide bonds. The molecule has 3 nitrogen and oxygen atoms in total. The minimum atomic E-state index is -0.199. The van der Waals surface area contributed by atoms with Crippen molar-refractivity contribution in [1.82, 2.24) is 4.98 Å². The molecule has 1 aromatic heterocycles. The zero-order valence-electron chi connectivity index (χ0n) is 5.42. The van der Waals surface area contributed by atoms with Gasteiger partial charge in [0.1, 0.15) is 0 Å². The van der Waals surface area contributed by atoms with Gasteiger partial charge in [-0.25, -0.2) is 0 Å². The molecular weight excluding hydrogens is 128 g/mol. The molecular formula is C7H8N2O. The number of pyridine rings is 1. The van der Waals surface area contributed by atoms with Crippen LogP contribution in [0.5, 0.6) is 0 Å². The Bertz CT molecular complexity index is 346. The number of aromatic amines is 1. The minimum absolute atomic E-state index is 0.199. The fraction of sp³-hybridized carbons (Fsp3) is 0. The smallest absolute Gasteiger partial charge is 0.257 e. The number of nitrogens with one attached hydrogen (secondary N) is 1. The van der Waals surface area contributed by atoms with Gasteiger partial charge >= 0.3 is 0 Å². The Balaban J connectivity index is 3.81. The summed E-state index contributed by atoms with van der Waals surface area (Å²) in [5, 5.41) is 1.08. The van der Waals surface area contributed by atoms with Gasteiger partial charge in [0.05, 0.1) is 5.22 Å². The monoisotopic (exact) mass is 136 g/mol. The van der Waals surface area contributed by atoms with Crippen molar-refractivity contribution in [3.63, 3.8) is 0 Å². The zero-order valence-corrected chi connectivity index (χ0v) is 5.42. The van der Waals surface area contributed by atoms with Gasteiger partial charge in [-0.15, -0.1) is 0 Å². The second-order valence-corrected chi connectivity index (χ2v) is 1.91. The van der Waals surface area contributed by atoms with Crippen LogP contribution in [0.4, 0.5) is 0 Å². The second-order valence-electron chi connectivity index (χ2n) is 1.91. The van der Waals surface area contributed by atoms with E-state index in [9.17, 15) is 4.79 Å². The van der Waals surface area contributed by atoms with E-state index in [2.05, 4.69) is 11.6 Å². The van der Waals surface area contributed by atoms with E-state index in [4.69, 9.17) is 5.73 Å². The van der Waals surface area contributed by atoms with Gasteiger partial charge in [0.15, 0.2) is 0 Å². The van der Waals surface area contributed by atoms with Crippen LogP contribution in [0.25, 0.3) is 12.8 Å². The first-order chi connectivity index (χ1) is 4.75. The van der Waals surface area contributed by atoms with Crippen molar-refractivity contribution < 1.29 is 0 Å². The van der Waals surface area contributed by atoms with Crippen molar-refractivity contribution in [2.24, 2.45) is 5.73 Å². The van der Waals surface area contributed by atoms with Crippen molar-refractivity contribution in [2.45, 2.75) is 0 Å². The molecule has 0 atom stereocenters. The first-order valence-electron chi connectivity index (χ1n) is 2.84. The topological polar surface area (TPSA) is 58.9 Å². The van der Waals surface area contributed by atoms with Crippen molar-refractivity contribution in [3.05, 3.63) is 33.1 Å². The lowest BCUT2D eigenvalue weighted by Gasteiger charge is -1.83. The Kier molecular flexibility index (Phi) is 1.58. The number of H-pyrrole nitrogens is 1. The van der Waals surface area contributed by atoms with Crippen molar-refractivity contribution in [2.75, 3.05) is 0 Å². The molecule has 0 bridgehead atoms. The molecule has 1 heterocycles. The number of hydrogen-bond donors (Lipinski definition) is 2. The maximum Gasteiger partial charge on any atom is 0.257 e. The maximum atomic E-state index is 10.9. The highest BCUT2D eigenvalue weighted by molar-refractivity contribution is 5.20. The Morgan fingerprint density at radius 2 is 2.40 bits per heavy atom. The summed E-state index contributed by atoms with van der Waals surface area (Å²) in [5.41, 5.74) is 4.97. The largest absolute Gasteiger partial charge is 0.404 e. The normalized spacial score (nSPS) is 11.8. The SMILES string of the molecule is C=c1cc[nH]c(=O)/c1=C/N. The van der Waals surface area contributed by atoms with Crippen molar-refractivity contribution in [1.29, 1.82) is 0 Å². The third kappa shape index (κ3) is 0.932. The molecule has 0 saturated carbocycles. The van der Waals surface area contributed by atoms with E-state index in [-0.39, 0.29) is 5.56 Å². The molecule has 1 rings (SSSR count). The number of aromatic nitrogens is 1. The zero-order chi connectivity index (χ0) is 7.56. The van der Waals surface area contributed by atoms with Gasteiger partial charge in [0, 0.05) is 12.4 Å². The first kappa shape index (κ1) is 6.61. The van der Waals surface area contributed by atoms with Gasteiger partial charge in [0.2, 0.25) is 0 Å². The van der Waals surface area contributed by atoms with Crippen LogP contribution in [-0.4, -0.2) is 4.98 Å². The van der Waals surface area contributed by atoms with E-state index in [0.717, 1.165) is 0 Å². The summed E-state index contributed by atoms with van der Waals surface area (Å²) in [5.74, 6) is 0. The maximum absolute atomic E-state index is 10.9. The fourth-order valence-electron chi connectivity index (χ4n) is 0.714. The molecule has 0 fully saturated rings. The van der Waals surface area contributed by atoms with E-state index in [0.29, 0.717) is 10.4 Å². The van der Waals surface area contributed by atoms with Crippen LogP contribution in [0.15, 0.2) is 17.1 Å². The standard InChI is InChI=1S/C7H8N2O/c1-5-2-3-9-7(10)6(5)4-8/h2-4H,1,8H2,(H,9,10)/b6-4+. The van der Waals surface area contributed by atoms with E-state index < -0.39 is 0 Å².